The number of aryl methyl sites for hydroxylation is 1. The van der Waals surface area contributed by atoms with E-state index in [0.29, 0.717) is 24.7 Å². The van der Waals surface area contributed by atoms with Crippen LogP contribution in [0.4, 0.5) is 0 Å². The van der Waals surface area contributed by atoms with E-state index >= 15 is 0 Å². The van der Waals surface area contributed by atoms with Crippen LogP contribution in [0.15, 0.2) is 35.8 Å². The molecular weight excluding hydrogens is 384 g/mol. The fourth-order valence-electron chi connectivity index (χ4n) is 4.70. The number of likely N-dealkylation sites (tertiary alicyclic amines) is 2. The van der Waals surface area contributed by atoms with Crippen molar-refractivity contribution in [2.75, 3.05) is 13.1 Å². The molecule has 5 heterocycles. The largest absolute Gasteiger partial charge is 0.331 e. The van der Waals surface area contributed by atoms with Crippen molar-refractivity contribution in [1.29, 1.82) is 0 Å². The third kappa shape index (κ3) is 2.79. The van der Waals surface area contributed by atoms with Gasteiger partial charge < -0.3 is 9.80 Å². The van der Waals surface area contributed by atoms with Crippen molar-refractivity contribution in [3.05, 3.63) is 57.5 Å². The van der Waals surface area contributed by atoms with Crippen LogP contribution in [0, 0.1) is 6.92 Å². The quantitative estimate of drug-likeness (QED) is 0.666. The Labute approximate surface area is 173 Å². The second-order valence-electron chi connectivity index (χ2n) is 8.32. The average Bonchev–Trinajstić information content (AvgIpc) is 3.49. The number of hydrogen-bond acceptors (Lipinski definition) is 4. The number of carbonyl (C=O) groups is 2. The van der Waals surface area contributed by atoms with Gasteiger partial charge in [-0.2, -0.15) is 5.10 Å². The Morgan fingerprint density at radius 3 is 2.48 bits per heavy atom. The van der Waals surface area contributed by atoms with E-state index in [9.17, 15) is 9.59 Å². The molecule has 7 heteroatoms. The molecule has 2 amide bonds. The van der Waals surface area contributed by atoms with Crippen molar-refractivity contribution < 1.29 is 9.59 Å². The molecule has 3 aromatic heterocycles. The van der Waals surface area contributed by atoms with Gasteiger partial charge in [0.2, 0.25) is 0 Å². The fourth-order valence-corrected chi connectivity index (χ4v) is 5.71. The normalized spacial score (nSPS) is 21.0. The number of piperazine rings is 1. The molecular formula is C22H24N4O2S. The summed E-state index contributed by atoms with van der Waals surface area (Å²) < 4.78 is 1.76. The first-order valence-electron chi connectivity index (χ1n) is 10.1. The van der Waals surface area contributed by atoms with E-state index in [2.05, 4.69) is 25.0 Å². The Kier molecular flexibility index (Phi) is 4.24. The first-order valence-corrected chi connectivity index (χ1v) is 11.0. The van der Waals surface area contributed by atoms with Crippen LogP contribution in [0.2, 0.25) is 0 Å². The molecule has 0 aliphatic carbocycles. The van der Waals surface area contributed by atoms with Crippen LogP contribution in [0.5, 0.6) is 0 Å². The molecule has 2 bridgehead atoms. The lowest BCUT2D eigenvalue weighted by Crippen LogP contribution is -2.50. The number of pyridine rings is 1. The van der Waals surface area contributed by atoms with Crippen molar-refractivity contribution in [2.24, 2.45) is 0 Å². The molecule has 2 fully saturated rings. The highest BCUT2D eigenvalue weighted by atomic mass is 32.1. The molecule has 2 aliphatic heterocycles. The van der Waals surface area contributed by atoms with Crippen LogP contribution in [0.1, 0.15) is 57.5 Å². The van der Waals surface area contributed by atoms with Crippen LogP contribution in [-0.2, 0) is 0 Å². The number of hydrogen-bond donors (Lipinski definition) is 0. The molecule has 2 saturated heterocycles. The highest BCUT2D eigenvalue weighted by molar-refractivity contribution is 7.12. The minimum absolute atomic E-state index is 0.0233. The van der Waals surface area contributed by atoms with Crippen molar-refractivity contribution in [1.82, 2.24) is 19.4 Å². The lowest BCUT2D eigenvalue weighted by atomic mass is 10.0. The molecule has 2 aliphatic rings. The molecule has 150 valence electrons. The van der Waals surface area contributed by atoms with Gasteiger partial charge in [-0.05, 0) is 48.4 Å². The number of thiophene rings is 1. The van der Waals surface area contributed by atoms with Crippen LogP contribution in [-0.4, -0.2) is 56.4 Å². The minimum atomic E-state index is -0.0233. The molecule has 0 spiro atoms. The number of nitrogens with zero attached hydrogens (tertiary/aromatic N) is 4. The second-order valence-corrected chi connectivity index (χ2v) is 9.24. The summed E-state index contributed by atoms with van der Waals surface area (Å²) in [6, 6.07) is 8.06. The summed E-state index contributed by atoms with van der Waals surface area (Å²) in [5, 5.41) is 6.51. The molecule has 5 rings (SSSR count). The number of rotatable bonds is 3. The summed E-state index contributed by atoms with van der Waals surface area (Å²) in [6.45, 7) is 7.38. The van der Waals surface area contributed by atoms with Gasteiger partial charge in [0.25, 0.3) is 11.8 Å². The smallest absolute Gasteiger partial charge is 0.275 e. The van der Waals surface area contributed by atoms with Gasteiger partial charge in [-0.3, -0.25) is 9.59 Å². The summed E-state index contributed by atoms with van der Waals surface area (Å²) in [5.74, 6) is 0.424. The van der Waals surface area contributed by atoms with Gasteiger partial charge in [0, 0.05) is 24.8 Å². The van der Waals surface area contributed by atoms with E-state index in [1.54, 1.807) is 4.52 Å². The second kappa shape index (κ2) is 6.69. The van der Waals surface area contributed by atoms with Gasteiger partial charge in [-0.25, -0.2) is 4.52 Å². The highest BCUT2D eigenvalue weighted by Gasteiger charge is 2.48. The molecule has 0 saturated carbocycles. The first-order chi connectivity index (χ1) is 14.0. The molecule has 2 atom stereocenters. The van der Waals surface area contributed by atoms with Gasteiger partial charge in [0.1, 0.15) is 0 Å². The zero-order valence-corrected chi connectivity index (χ0v) is 17.6. The van der Waals surface area contributed by atoms with Gasteiger partial charge in [0.05, 0.1) is 22.5 Å². The molecule has 0 unspecified atom stereocenters. The van der Waals surface area contributed by atoms with Gasteiger partial charge in [0.15, 0.2) is 5.69 Å². The van der Waals surface area contributed by atoms with Crippen molar-refractivity contribution >= 4 is 28.7 Å². The summed E-state index contributed by atoms with van der Waals surface area (Å²) in [4.78, 5) is 31.1. The van der Waals surface area contributed by atoms with Crippen molar-refractivity contribution in [3.8, 4) is 0 Å². The summed E-state index contributed by atoms with van der Waals surface area (Å²) in [6.07, 6.45) is 2.72. The average molecular weight is 409 g/mol. The van der Waals surface area contributed by atoms with Crippen molar-refractivity contribution in [3.63, 3.8) is 0 Å². The maximum absolute atomic E-state index is 13.2. The summed E-state index contributed by atoms with van der Waals surface area (Å²) >= 11 is 1.52. The Hall–Kier alpha value is -2.67. The molecule has 0 aromatic carbocycles. The van der Waals surface area contributed by atoms with Gasteiger partial charge in [-0.15, -0.1) is 11.3 Å². The van der Waals surface area contributed by atoms with E-state index in [4.69, 9.17) is 0 Å². The molecule has 3 aromatic rings. The zero-order valence-electron chi connectivity index (χ0n) is 16.8. The lowest BCUT2D eigenvalue weighted by Gasteiger charge is -2.34. The Balaban J connectivity index is 1.36. The zero-order chi connectivity index (χ0) is 20.3. The molecule has 6 nitrogen and oxygen atoms in total. The standard InChI is InChI=1S/C22H24N4O2S/c1-13(2)17-7-9-29-20(17)22(28)25-12-15-10-16(25)11-24(15)21(27)19-14(3)18-6-4-5-8-26(18)23-19/h4-9,13,15-16H,10-12H2,1-3H3/t15-,16-/m0/s1. The predicted molar refractivity (Wildman–Crippen MR) is 113 cm³/mol. The monoisotopic (exact) mass is 408 g/mol. The van der Waals surface area contributed by atoms with Crippen LogP contribution >= 0.6 is 11.3 Å². The predicted octanol–water partition coefficient (Wildman–Crippen LogP) is 3.57. The third-order valence-electron chi connectivity index (χ3n) is 6.26. The Morgan fingerprint density at radius 2 is 1.83 bits per heavy atom. The number of carbonyl (C=O) groups excluding carboxylic acids is 2. The fraction of sp³-hybridized carbons (Fsp3) is 0.409. The van der Waals surface area contributed by atoms with E-state index in [1.165, 1.54) is 11.3 Å². The van der Waals surface area contributed by atoms with Crippen LogP contribution < -0.4 is 0 Å². The SMILES string of the molecule is Cc1c(C(=O)N2C[C@@H]3C[C@H]2CN3C(=O)c2sccc2C(C)C)nn2ccccc12. The van der Waals surface area contributed by atoms with E-state index in [0.717, 1.165) is 27.9 Å². The van der Waals surface area contributed by atoms with Crippen LogP contribution in [0.3, 0.4) is 0 Å². The topological polar surface area (TPSA) is 57.9 Å². The van der Waals surface area contributed by atoms with E-state index < -0.39 is 0 Å². The molecule has 0 radical (unpaired) electrons. The summed E-state index contributed by atoms with van der Waals surface area (Å²) in [5.41, 5.74) is 3.50. The Bertz CT molecular complexity index is 1120. The van der Waals surface area contributed by atoms with E-state index in [1.807, 2.05) is 46.5 Å². The first kappa shape index (κ1) is 18.4. The minimum Gasteiger partial charge on any atom is -0.331 e. The van der Waals surface area contributed by atoms with E-state index in [-0.39, 0.29) is 23.9 Å². The highest BCUT2D eigenvalue weighted by Crippen LogP contribution is 2.35. The lowest BCUT2D eigenvalue weighted by molar-refractivity contribution is 0.0524. The Morgan fingerprint density at radius 1 is 1.10 bits per heavy atom. The summed E-state index contributed by atoms with van der Waals surface area (Å²) in [7, 11) is 0. The van der Waals surface area contributed by atoms with Crippen molar-refractivity contribution in [2.45, 2.75) is 45.2 Å². The van der Waals surface area contributed by atoms with Gasteiger partial charge >= 0.3 is 0 Å². The number of amides is 2. The van der Waals surface area contributed by atoms with Crippen LogP contribution in [0.25, 0.3) is 5.52 Å². The molecule has 29 heavy (non-hydrogen) atoms. The number of fused-ring (bicyclic) bond motifs is 3. The number of aromatic nitrogens is 2. The third-order valence-corrected chi connectivity index (χ3v) is 7.18. The van der Waals surface area contributed by atoms with Gasteiger partial charge in [-0.1, -0.05) is 19.9 Å². The molecule has 0 N–H and O–H groups in total. The maximum Gasteiger partial charge on any atom is 0.275 e. The maximum atomic E-state index is 13.2.